The third-order valence-electron chi connectivity index (χ3n) is 1.78. The van der Waals surface area contributed by atoms with Crippen molar-refractivity contribution in [2.24, 2.45) is 0 Å². The number of aromatic nitrogens is 2. The Morgan fingerprint density at radius 2 is 1.33 bits per heavy atom. The summed E-state index contributed by atoms with van der Waals surface area (Å²) in [6.45, 7) is 0. The van der Waals surface area contributed by atoms with E-state index in [1.807, 2.05) is 0 Å². The molecule has 0 unspecified atom stereocenters. The van der Waals surface area contributed by atoms with Crippen molar-refractivity contribution in [1.29, 1.82) is 0 Å². The Balaban J connectivity index is 3.83. The van der Waals surface area contributed by atoms with E-state index in [1.54, 1.807) is 0 Å². The predicted octanol–water partition coefficient (Wildman–Crippen LogP) is -1.31. The Hall–Kier alpha value is -1.07. The van der Waals surface area contributed by atoms with Crippen LogP contribution < -0.4 is 0 Å². The third-order valence-corrected chi connectivity index (χ3v) is 4.88. The van der Waals surface area contributed by atoms with Gasteiger partial charge in [-0.15, -0.1) is 0 Å². The Kier molecular flexibility index (Phi) is 3.53. The molecule has 1 rings (SSSR count). The van der Waals surface area contributed by atoms with E-state index >= 15 is 0 Å². The molecule has 0 bridgehead atoms. The van der Waals surface area contributed by atoms with Crippen molar-refractivity contribution in [2.45, 2.75) is 15.1 Å². The molecular formula is C7H10N2O6S3. The zero-order valence-electron chi connectivity index (χ0n) is 9.65. The number of hydrogen-bond acceptors (Lipinski definition) is 8. The molecule has 1 aromatic rings. The fraction of sp³-hybridized carbons (Fsp3) is 0.429. The summed E-state index contributed by atoms with van der Waals surface area (Å²) in [6.07, 6.45) is 2.97. The van der Waals surface area contributed by atoms with Crippen LogP contribution in [0.1, 0.15) is 0 Å². The summed E-state index contributed by atoms with van der Waals surface area (Å²) in [6, 6.07) is 0. The molecule has 18 heavy (non-hydrogen) atoms. The lowest BCUT2D eigenvalue weighted by atomic mass is 10.7. The second-order valence-corrected chi connectivity index (χ2v) is 9.46. The van der Waals surface area contributed by atoms with E-state index in [0.29, 0.717) is 6.20 Å². The van der Waals surface area contributed by atoms with Gasteiger partial charge >= 0.3 is 0 Å². The van der Waals surface area contributed by atoms with E-state index in [9.17, 15) is 25.3 Å². The molecule has 0 saturated heterocycles. The Morgan fingerprint density at radius 1 is 0.833 bits per heavy atom. The van der Waals surface area contributed by atoms with E-state index in [2.05, 4.69) is 9.97 Å². The summed E-state index contributed by atoms with van der Waals surface area (Å²) < 4.78 is 68.0. The van der Waals surface area contributed by atoms with Gasteiger partial charge in [-0.3, -0.25) is 0 Å². The number of hydrogen-bond donors (Lipinski definition) is 0. The highest BCUT2D eigenvalue weighted by molar-refractivity contribution is 7.93. The first-order valence-corrected chi connectivity index (χ1v) is 9.98. The Morgan fingerprint density at radius 3 is 1.67 bits per heavy atom. The second kappa shape index (κ2) is 4.24. The van der Waals surface area contributed by atoms with Crippen LogP contribution in [0.15, 0.2) is 21.3 Å². The first-order chi connectivity index (χ1) is 7.83. The molecule has 0 fully saturated rings. The molecule has 0 aliphatic heterocycles. The zero-order valence-corrected chi connectivity index (χ0v) is 12.1. The minimum atomic E-state index is -3.99. The van der Waals surface area contributed by atoms with Crippen LogP contribution >= 0.6 is 0 Å². The van der Waals surface area contributed by atoms with Gasteiger partial charge in [0.15, 0.2) is 24.7 Å². The molecule has 0 radical (unpaired) electrons. The number of sulfone groups is 3. The van der Waals surface area contributed by atoms with Crippen LogP contribution in [0.3, 0.4) is 0 Å². The molecule has 0 N–H and O–H groups in total. The summed E-state index contributed by atoms with van der Waals surface area (Å²) in [4.78, 5) is 6.04. The summed E-state index contributed by atoms with van der Waals surface area (Å²) in [5, 5.41) is -1.56. The average Bonchev–Trinajstić information content (AvgIpc) is 2.12. The van der Waals surface area contributed by atoms with Crippen LogP contribution in [0.5, 0.6) is 0 Å². The fourth-order valence-corrected chi connectivity index (χ4v) is 3.78. The van der Waals surface area contributed by atoms with Gasteiger partial charge in [0, 0.05) is 18.8 Å². The highest BCUT2D eigenvalue weighted by atomic mass is 32.2. The predicted molar refractivity (Wildman–Crippen MR) is 61.4 cm³/mol. The molecule has 0 aliphatic carbocycles. The van der Waals surface area contributed by atoms with E-state index in [-0.39, 0.29) is 0 Å². The van der Waals surface area contributed by atoms with Crippen LogP contribution in [0.4, 0.5) is 0 Å². The minimum absolute atomic E-state index is 0.627. The van der Waals surface area contributed by atoms with Crippen LogP contribution in [0.25, 0.3) is 0 Å². The van der Waals surface area contributed by atoms with Gasteiger partial charge in [0.25, 0.3) is 0 Å². The summed E-state index contributed by atoms with van der Waals surface area (Å²) in [7, 11) is -11.7. The third kappa shape index (κ3) is 3.23. The molecule has 1 heterocycles. The van der Waals surface area contributed by atoms with Gasteiger partial charge in [0.2, 0.25) is 15.0 Å². The lowest BCUT2D eigenvalue weighted by molar-refractivity contribution is 0.570. The normalized spacial score (nSPS) is 13.5. The lowest BCUT2D eigenvalue weighted by Gasteiger charge is -2.06. The zero-order chi connectivity index (χ0) is 14.4. The van der Waals surface area contributed by atoms with E-state index in [4.69, 9.17) is 0 Å². The fourth-order valence-electron chi connectivity index (χ4n) is 1.04. The standard InChI is InChI=1S/C7H10N2O6S3/c1-16(10,11)5-4-8-7(18(3,14)15)9-6(5)17(2,12)13/h4H,1-3H3. The van der Waals surface area contributed by atoms with Crippen LogP contribution in [0, 0.1) is 0 Å². The number of nitrogens with zero attached hydrogens (tertiary/aromatic N) is 2. The molecular weight excluding hydrogens is 304 g/mol. The maximum atomic E-state index is 11.4. The Bertz CT molecular complexity index is 792. The van der Waals surface area contributed by atoms with Crippen molar-refractivity contribution in [3.8, 4) is 0 Å². The second-order valence-electron chi connectivity index (χ2n) is 3.64. The molecule has 0 aliphatic rings. The van der Waals surface area contributed by atoms with Gasteiger partial charge in [-0.25, -0.2) is 35.2 Å². The van der Waals surface area contributed by atoms with Gasteiger partial charge in [-0.05, 0) is 0 Å². The number of rotatable bonds is 3. The smallest absolute Gasteiger partial charge is 0.225 e. The Labute approximate surface area is 105 Å². The molecule has 102 valence electrons. The van der Waals surface area contributed by atoms with Crippen LogP contribution in [0.2, 0.25) is 0 Å². The summed E-state index contributed by atoms with van der Waals surface area (Å²) >= 11 is 0. The first-order valence-electron chi connectivity index (χ1n) is 4.30. The van der Waals surface area contributed by atoms with E-state index in [1.165, 1.54) is 0 Å². The van der Waals surface area contributed by atoms with Crippen molar-refractivity contribution in [3.63, 3.8) is 0 Å². The molecule has 0 aromatic carbocycles. The van der Waals surface area contributed by atoms with Crippen molar-refractivity contribution < 1.29 is 25.3 Å². The van der Waals surface area contributed by atoms with Gasteiger partial charge in [-0.1, -0.05) is 0 Å². The monoisotopic (exact) mass is 314 g/mol. The van der Waals surface area contributed by atoms with Crippen molar-refractivity contribution >= 4 is 29.5 Å². The highest BCUT2D eigenvalue weighted by Crippen LogP contribution is 2.19. The molecule has 0 amide bonds. The quantitative estimate of drug-likeness (QED) is 0.496. The maximum absolute atomic E-state index is 11.4. The van der Waals surface area contributed by atoms with E-state index in [0.717, 1.165) is 18.8 Å². The molecule has 0 atom stereocenters. The van der Waals surface area contributed by atoms with Crippen LogP contribution in [-0.2, 0) is 29.5 Å². The average molecular weight is 314 g/mol. The van der Waals surface area contributed by atoms with Gasteiger partial charge in [-0.2, -0.15) is 0 Å². The first kappa shape index (κ1) is 15.0. The van der Waals surface area contributed by atoms with Gasteiger partial charge < -0.3 is 0 Å². The van der Waals surface area contributed by atoms with Crippen molar-refractivity contribution in [1.82, 2.24) is 9.97 Å². The van der Waals surface area contributed by atoms with E-state index < -0.39 is 44.6 Å². The largest absolute Gasteiger partial charge is 0.248 e. The molecule has 8 nitrogen and oxygen atoms in total. The molecule has 11 heteroatoms. The summed E-state index contributed by atoms with van der Waals surface area (Å²) in [5.41, 5.74) is 0. The maximum Gasteiger partial charge on any atom is 0.248 e. The molecule has 0 spiro atoms. The SMILES string of the molecule is CS(=O)(=O)c1ncc(S(C)(=O)=O)c(S(C)(=O)=O)n1. The van der Waals surface area contributed by atoms with Crippen molar-refractivity contribution in [3.05, 3.63) is 6.20 Å². The summed E-state index contributed by atoms with van der Waals surface area (Å²) in [5.74, 6) is 0. The van der Waals surface area contributed by atoms with Crippen molar-refractivity contribution in [2.75, 3.05) is 18.8 Å². The van der Waals surface area contributed by atoms with Crippen LogP contribution in [-0.4, -0.2) is 54.0 Å². The highest BCUT2D eigenvalue weighted by Gasteiger charge is 2.25. The molecule has 0 saturated carbocycles. The molecule has 1 aromatic heterocycles. The van der Waals surface area contributed by atoms with Gasteiger partial charge in [0.05, 0.1) is 6.20 Å². The minimum Gasteiger partial charge on any atom is -0.225 e. The topological polar surface area (TPSA) is 128 Å². The lowest BCUT2D eigenvalue weighted by Crippen LogP contribution is -2.14. The van der Waals surface area contributed by atoms with Gasteiger partial charge in [0.1, 0.15) is 4.90 Å².